The molecule has 0 aliphatic carbocycles. The van der Waals surface area contributed by atoms with Gasteiger partial charge in [0.2, 0.25) is 0 Å². The van der Waals surface area contributed by atoms with Crippen molar-refractivity contribution >= 4 is 49.1 Å². The number of thiophene rings is 1. The summed E-state index contributed by atoms with van der Waals surface area (Å²) in [6, 6.07) is 14.7. The molecule has 116 valence electrons. The lowest BCUT2D eigenvalue weighted by molar-refractivity contribution is 0.0831. The number of fused-ring (bicyclic) bond motifs is 3. The number of aliphatic hydroxyl groups is 1. The fourth-order valence-electron chi connectivity index (χ4n) is 3.12. The molecule has 23 heavy (non-hydrogen) atoms. The summed E-state index contributed by atoms with van der Waals surface area (Å²) in [7, 11) is 0. The summed E-state index contributed by atoms with van der Waals surface area (Å²) in [4.78, 5) is 4.52. The first-order valence-electron chi connectivity index (χ1n) is 7.46. The van der Waals surface area contributed by atoms with Crippen LogP contribution in [0.3, 0.4) is 0 Å². The summed E-state index contributed by atoms with van der Waals surface area (Å²) in [5, 5.41) is 14.9. The predicted octanol–water partition coefficient (Wildman–Crippen LogP) is 6.04. The van der Waals surface area contributed by atoms with Gasteiger partial charge in [0.05, 0.1) is 11.1 Å². The van der Waals surface area contributed by atoms with Crippen molar-refractivity contribution < 1.29 is 5.11 Å². The SMILES string of the molecule is CC(C)(O)c1sccc1-c1cc(Br)cc2c1[nH]c1ccccc12. The average molecular weight is 386 g/mol. The Morgan fingerprint density at radius 3 is 2.61 bits per heavy atom. The van der Waals surface area contributed by atoms with Crippen molar-refractivity contribution in [2.24, 2.45) is 0 Å². The molecule has 0 amide bonds. The van der Waals surface area contributed by atoms with E-state index in [1.165, 1.54) is 10.8 Å². The van der Waals surface area contributed by atoms with Crippen LogP contribution in [-0.2, 0) is 5.60 Å². The largest absolute Gasteiger partial charge is 0.385 e. The third kappa shape index (κ3) is 2.42. The number of hydrogen-bond donors (Lipinski definition) is 2. The number of rotatable bonds is 2. The number of H-pyrrole nitrogens is 1. The highest BCUT2D eigenvalue weighted by molar-refractivity contribution is 9.10. The molecule has 0 aliphatic rings. The molecule has 0 unspecified atom stereocenters. The fraction of sp³-hybridized carbons (Fsp3) is 0.158. The van der Waals surface area contributed by atoms with Gasteiger partial charge in [-0.15, -0.1) is 11.3 Å². The molecule has 0 saturated carbocycles. The lowest BCUT2D eigenvalue weighted by Gasteiger charge is -2.18. The third-order valence-corrected chi connectivity index (χ3v) is 5.78. The molecule has 2 heterocycles. The molecule has 2 nitrogen and oxygen atoms in total. The van der Waals surface area contributed by atoms with Crippen molar-refractivity contribution in [3.05, 3.63) is 57.2 Å². The minimum Gasteiger partial charge on any atom is -0.385 e. The van der Waals surface area contributed by atoms with Crippen molar-refractivity contribution in [1.82, 2.24) is 4.98 Å². The molecule has 0 radical (unpaired) electrons. The van der Waals surface area contributed by atoms with Gasteiger partial charge in [0, 0.05) is 36.8 Å². The second kappa shape index (κ2) is 5.20. The van der Waals surface area contributed by atoms with Crippen molar-refractivity contribution in [2.45, 2.75) is 19.4 Å². The van der Waals surface area contributed by atoms with Crippen LogP contribution in [0.2, 0.25) is 0 Å². The minimum absolute atomic E-state index is 0.857. The number of halogens is 1. The van der Waals surface area contributed by atoms with Crippen LogP contribution in [0.1, 0.15) is 18.7 Å². The van der Waals surface area contributed by atoms with Crippen LogP contribution < -0.4 is 0 Å². The zero-order valence-corrected chi connectivity index (χ0v) is 15.3. The molecule has 2 aromatic heterocycles. The van der Waals surface area contributed by atoms with E-state index in [-0.39, 0.29) is 0 Å². The van der Waals surface area contributed by atoms with Gasteiger partial charge in [-0.2, -0.15) is 0 Å². The van der Waals surface area contributed by atoms with Crippen LogP contribution in [0.15, 0.2) is 52.3 Å². The molecule has 2 aromatic carbocycles. The normalized spacial score (nSPS) is 12.3. The Balaban J connectivity index is 2.10. The maximum Gasteiger partial charge on any atom is 0.0938 e. The van der Waals surface area contributed by atoms with Gasteiger partial charge in [-0.25, -0.2) is 0 Å². The van der Waals surface area contributed by atoms with Crippen molar-refractivity contribution in [2.75, 3.05) is 0 Å². The predicted molar refractivity (Wildman–Crippen MR) is 102 cm³/mol. The molecule has 0 spiro atoms. The van der Waals surface area contributed by atoms with Crippen LogP contribution >= 0.6 is 27.3 Å². The van der Waals surface area contributed by atoms with Crippen LogP contribution in [0.25, 0.3) is 32.9 Å². The Morgan fingerprint density at radius 2 is 1.83 bits per heavy atom. The lowest BCUT2D eigenvalue weighted by Crippen LogP contribution is -2.14. The minimum atomic E-state index is -0.857. The smallest absolute Gasteiger partial charge is 0.0938 e. The first-order chi connectivity index (χ1) is 10.9. The van der Waals surface area contributed by atoms with Crippen LogP contribution in [0.4, 0.5) is 0 Å². The van der Waals surface area contributed by atoms with E-state index >= 15 is 0 Å². The highest BCUT2D eigenvalue weighted by Gasteiger charge is 2.24. The summed E-state index contributed by atoms with van der Waals surface area (Å²) in [5.41, 5.74) is 3.58. The molecular weight excluding hydrogens is 370 g/mol. The molecule has 0 fully saturated rings. The molecule has 4 aromatic rings. The molecule has 4 rings (SSSR count). The summed E-state index contributed by atoms with van der Waals surface area (Å²) < 4.78 is 1.04. The highest BCUT2D eigenvalue weighted by Crippen LogP contribution is 2.41. The van der Waals surface area contributed by atoms with Crippen LogP contribution in [0.5, 0.6) is 0 Å². The van der Waals surface area contributed by atoms with E-state index in [0.29, 0.717) is 0 Å². The third-order valence-electron chi connectivity index (χ3n) is 4.09. The van der Waals surface area contributed by atoms with Crippen LogP contribution in [0, 0.1) is 0 Å². The molecular formula is C19H16BrNOS. The summed E-state index contributed by atoms with van der Waals surface area (Å²) in [6.45, 7) is 3.67. The molecule has 2 N–H and O–H groups in total. The van der Waals surface area contributed by atoms with Gasteiger partial charge in [0.15, 0.2) is 0 Å². The van der Waals surface area contributed by atoms with E-state index in [0.717, 1.165) is 31.5 Å². The van der Waals surface area contributed by atoms with Gasteiger partial charge in [0.1, 0.15) is 0 Å². The van der Waals surface area contributed by atoms with Crippen molar-refractivity contribution in [3.8, 4) is 11.1 Å². The van der Waals surface area contributed by atoms with Gasteiger partial charge < -0.3 is 10.1 Å². The number of hydrogen-bond acceptors (Lipinski definition) is 2. The van der Waals surface area contributed by atoms with E-state index in [4.69, 9.17) is 0 Å². The number of para-hydroxylation sites is 1. The lowest BCUT2D eigenvalue weighted by atomic mass is 9.97. The Labute approximate surface area is 146 Å². The second-order valence-corrected chi connectivity index (χ2v) is 8.10. The molecule has 0 aliphatic heterocycles. The van der Waals surface area contributed by atoms with Gasteiger partial charge in [-0.3, -0.25) is 0 Å². The van der Waals surface area contributed by atoms with E-state index in [1.54, 1.807) is 11.3 Å². The Morgan fingerprint density at radius 1 is 1.04 bits per heavy atom. The number of benzene rings is 2. The number of aromatic nitrogens is 1. The van der Waals surface area contributed by atoms with Crippen molar-refractivity contribution in [1.29, 1.82) is 0 Å². The van der Waals surface area contributed by atoms with Gasteiger partial charge in [-0.05, 0) is 43.5 Å². The summed E-state index contributed by atoms with van der Waals surface area (Å²) >= 11 is 5.23. The number of nitrogens with one attached hydrogen (secondary N) is 1. The van der Waals surface area contributed by atoms with E-state index in [2.05, 4.69) is 57.3 Å². The van der Waals surface area contributed by atoms with Gasteiger partial charge in [-0.1, -0.05) is 34.1 Å². The molecule has 4 heteroatoms. The zero-order valence-electron chi connectivity index (χ0n) is 12.9. The summed E-state index contributed by atoms with van der Waals surface area (Å²) in [5.74, 6) is 0. The Hall–Kier alpha value is -1.62. The van der Waals surface area contributed by atoms with Gasteiger partial charge in [0.25, 0.3) is 0 Å². The molecule has 0 saturated heterocycles. The topological polar surface area (TPSA) is 36.0 Å². The zero-order chi connectivity index (χ0) is 16.2. The molecule has 0 bridgehead atoms. The molecule has 0 atom stereocenters. The fourth-order valence-corrected chi connectivity index (χ4v) is 4.51. The maximum atomic E-state index is 10.5. The number of aromatic amines is 1. The first kappa shape index (κ1) is 14.9. The first-order valence-corrected chi connectivity index (χ1v) is 9.13. The standard InChI is InChI=1S/C19H16BrNOS/c1-19(2,22)18-13(7-8-23-18)15-10-11(20)9-14-12-5-3-4-6-16(12)21-17(14)15/h3-10,21-22H,1-2H3. The van der Waals surface area contributed by atoms with Crippen LogP contribution in [-0.4, -0.2) is 10.1 Å². The Bertz CT molecular complexity index is 1020. The summed E-state index contributed by atoms with van der Waals surface area (Å²) in [6.07, 6.45) is 0. The Kier molecular flexibility index (Phi) is 3.38. The average Bonchev–Trinajstić information content (AvgIpc) is 3.10. The quantitative estimate of drug-likeness (QED) is 0.433. The second-order valence-electron chi connectivity index (χ2n) is 6.27. The van der Waals surface area contributed by atoms with Gasteiger partial charge >= 0.3 is 0 Å². The monoisotopic (exact) mass is 385 g/mol. The maximum absolute atomic E-state index is 10.5. The highest BCUT2D eigenvalue weighted by atomic mass is 79.9. The van der Waals surface area contributed by atoms with Crippen molar-refractivity contribution in [3.63, 3.8) is 0 Å². The van der Waals surface area contributed by atoms with E-state index < -0.39 is 5.60 Å². The van der Waals surface area contributed by atoms with E-state index in [9.17, 15) is 5.11 Å². The van der Waals surface area contributed by atoms with E-state index in [1.807, 2.05) is 25.3 Å².